The third-order valence-corrected chi connectivity index (χ3v) is 5.81. The van der Waals surface area contributed by atoms with E-state index in [0.717, 1.165) is 45.1 Å². The van der Waals surface area contributed by atoms with Crippen molar-refractivity contribution in [3.8, 4) is 0 Å². The lowest BCUT2D eigenvalue weighted by Gasteiger charge is -2.18. The molecule has 0 bridgehead atoms. The number of ether oxygens (including phenoxy) is 2. The molecule has 6 nitrogen and oxygen atoms in total. The number of aliphatic hydroxyl groups excluding tert-OH is 1. The molecular weight excluding hydrogens is 348 g/mol. The van der Waals surface area contributed by atoms with Crippen molar-refractivity contribution in [2.75, 3.05) is 26.9 Å². The first-order chi connectivity index (χ1) is 13.0. The minimum atomic E-state index is -0.959. The van der Waals surface area contributed by atoms with Crippen molar-refractivity contribution >= 4 is 11.8 Å². The van der Waals surface area contributed by atoms with Crippen molar-refractivity contribution in [3.05, 3.63) is 11.6 Å². The number of rotatable bonds is 14. The van der Waals surface area contributed by atoms with Crippen LogP contribution in [0.4, 0.5) is 0 Å². The van der Waals surface area contributed by atoms with Crippen LogP contribution in [0.3, 0.4) is 0 Å². The van der Waals surface area contributed by atoms with Crippen molar-refractivity contribution in [2.24, 2.45) is 17.8 Å². The Morgan fingerprint density at radius 2 is 1.89 bits per heavy atom. The van der Waals surface area contributed by atoms with Gasteiger partial charge < -0.3 is 19.7 Å². The number of unbranched alkanes of at least 4 members (excludes halogenated alkanes) is 4. The van der Waals surface area contributed by atoms with Gasteiger partial charge in [-0.05, 0) is 43.9 Å². The molecule has 0 radical (unpaired) electrons. The van der Waals surface area contributed by atoms with Gasteiger partial charge in [0.2, 0.25) is 0 Å². The maximum Gasteiger partial charge on any atom is 0.329 e. The van der Waals surface area contributed by atoms with E-state index in [-0.39, 0.29) is 24.2 Å². The molecule has 2 rings (SSSR count). The average Bonchev–Trinajstić information content (AvgIpc) is 3.13. The zero-order chi connectivity index (χ0) is 19.6. The SMILES string of the molecule is COCCCCCCCC(=O)[C@H]1[C@@H]2C=C(CCOCC(=O)O)C[C@@H]2C[C@@H]1O. The van der Waals surface area contributed by atoms with Gasteiger partial charge in [0.15, 0.2) is 0 Å². The second-order valence-electron chi connectivity index (χ2n) is 7.87. The number of fused-ring (bicyclic) bond motifs is 1. The Kier molecular flexibility index (Phi) is 9.45. The largest absolute Gasteiger partial charge is 0.480 e. The van der Waals surface area contributed by atoms with Crippen LogP contribution < -0.4 is 0 Å². The second-order valence-corrected chi connectivity index (χ2v) is 7.87. The van der Waals surface area contributed by atoms with E-state index in [1.54, 1.807) is 7.11 Å². The zero-order valence-electron chi connectivity index (χ0n) is 16.4. The molecule has 0 aromatic rings. The van der Waals surface area contributed by atoms with Crippen LogP contribution in [0.5, 0.6) is 0 Å². The lowest BCUT2D eigenvalue weighted by Crippen LogP contribution is -2.27. The highest BCUT2D eigenvalue weighted by molar-refractivity contribution is 5.82. The maximum absolute atomic E-state index is 12.7. The first kappa shape index (κ1) is 22.1. The molecule has 2 N–H and O–H groups in total. The van der Waals surface area contributed by atoms with Gasteiger partial charge in [-0.25, -0.2) is 4.79 Å². The van der Waals surface area contributed by atoms with Crippen LogP contribution in [0.1, 0.15) is 57.8 Å². The predicted molar refractivity (Wildman–Crippen MR) is 101 cm³/mol. The number of methoxy groups -OCH3 is 1. The van der Waals surface area contributed by atoms with Gasteiger partial charge in [-0.3, -0.25) is 4.79 Å². The van der Waals surface area contributed by atoms with Crippen molar-refractivity contribution in [2.45, 2.75) is 63.9 Å². The number of ketones is 1. The molecule has 154 valence electrons. The molecule has 1 saturated carbocycles. The fourth-order valence-corrected chi connectivity index (χ4v) is 4.52. The summed E-state index contributed by atoms with van der Waals surface area (Å²) in [6, 6.07) is 0. The Balaban J connectivity index is 1.72. The molecule has 0 aromatic heterocycles. The van der Waals surface area contributed by atoms with Gasteiger partial charge in [-0.1, -0.05) is 30.9 Å². The van der Waals surface area contributed by atoms with Gasteiger partial charge >= 0.3 is 5.97 Å². The summed E-state index contributed by atoms with van der Waals surface area (Å²) >= 11 is 0. The zero-order valence-corrected chi connectivity index (χ0v) is 16.4. The first-order valence-corrected chi connectivity index (χ1v) is 10.2. The Morgan fingerprint density at radius 1 is 1.15 bits per heavy atom. The van der Waals surface area contributed by atoms with E-state index in [1.807, 2.05) is 0 Å². The Morgan fingerprint density at radius 3 is 2.63 bits per heavy atom. The average molecular weight is 382 g/mol. The van der Waals surface area contributed by atoms with E-state index in [0.29, 0.717) is 31.8 Å². The molecule has 0 aliphatic heterocycles. The van der Waals surface area contributed by atoms with Crippen LogP contribution in [-0.4, -0.2) is 55.0 Å². The van der Waals surface area contributed by atoms with Crippen molar-refractivity contribution in [1.82, 2.24) is 0 Å². The highest BCUT2D eigenvalue weighted by atomic mass is 16.5. The summed E-state index contributed by atoms with van der Waals surface area (Å²) < 4.78 is 10.1. The normalized spacial score (nSPS) is 26.8. The van der Waals surface area contributed by atoms with Crippen LogP contribution in [0.15, 0.2) is 11.6 Å². The van der Waals surface area contributed by atoms with Gasteiger partial charge in [0, 0.05) is 20.1 Å². The number of Topliss-reactive ketones (excluding diaryl/α,β-unsaturated/α-hetero) is 1. The molecule has 0 unspecified atom stereocenters. The van der Waals surface area contributed by atoms with E-state index in [1.165, 1.54) is 5.57 Å². The molecule has 2 aliphatic carbocycles. The van der Waals surface area contributed by atoms with Crippen LogP contribution in [0.2, 0.25) is 0 Å². The van der Waals surface area contributed by atoms with Gasteiger partial charge in [0.25, 0.3) is 0 Å². The third-order valence-electron chi connectivity index (χ3n) is 5.81. The number of carbonyl (C=O) groups is 2. The van der Waals surface area contributed by atoms with E-state index < -0.39 is 12.1 Å². The summed E-state index contributed by atoms with van der Waals surface area (Å²) in [5.41, 5.74) is 1.23. The lowest BCUT2D eigenvalue weighted by atomic mass is 9.86. The number of carbonyl (C=O) groups excluding carboxylic acids is 1. The Labute approximate surface area is 161 Å². The maximum atomic E-state index is 12.7. The minimum absolute atomic E-state index is 0.142. The van der Waals surface area contributed by atoms with E-state index in [9.17, 15) is 14.7 Å². The van der Waals surface area contributed by atoms with Crippen LogP contribution >= 0.6 is 0 Å². The summed E-state index contributed by atoms with van der Waals surface area (Å²) in [5, 5.41) is 19.0. The highest BCUT2D eigenvalue weighted by Gasteiger charge is 2.47. The molecule has 0 spiro atoms. The van der Waals surface area contributed by atoms with Crippen LogP contribution in [0.25, 0.3) is 0 Å². The van der Waals surface area contributed by atoms with E-state index in [4.69, 9.17) is 14.6 Å². The van der Waals surface area contributed by atoms with Gasteiger partial charge in [-0.2, -0.15) is 0 Å². The number of aliphatic carboxylic acids is 1. The fraction of sp³-hybridized carbons (Fsp3) is 0.810. The summed E-state index contributed by atoms with van der Waals surface area (Å²) in [6.07, 6.45) is 9.74. The summed E-state index contributed by atoms with van der Waals surface area (Å²) in [5.74, 6) is -0.534. The first-order valence-electron chi connectivity index (χ1n) is 10.2. The Hall–Kier alpha value is -1.24. The van der Waals surface area contributed by atoms with E-state index >= 15 is 0 Å². The smallest absolute Gasteiger partial charge is 0.329 e. The van der Waals surface area contributed by atoms with Crippen LogP contribution in [0, 0.1) is 17.8 Å². The molecule has 0 saturated heterocycles. The number of aliphatic hydroxyl groups is 1. The van der Waals surface area contributed by atoms with Crippen LogP contribution in [-0.2, 0) is 19.1 Å². The molecule has 27 heavy (non-hydrogen) atoms. The molecule has 0 heterocycles. The van der Waals surface area contributed by atoms with E-state index in [2.05, 4.69) is 6.08 Å². The fourth-order valence-electron chi connectivity index (χ4n) is 4.52. The van der Waals surface area contributed by atoms with Gasteiger partial charge in [0.1, 0.15) is 12.4 Å². The number of hydrogen-bond donors (Lipinski definition) is 2. The van der Waals surface area contributed by atoms with Gasteiger partial charge in [0.05, 0.1) is 18.6 Å². The quantitative estimate of drug-likeness (QED) is 0.354. The number of carboxylic acid groups (broad SMARTS) is 1. The number of allylic oxidation sites excluding steroid dienone is 1. The molecule has 0 amide bonds. The molecule has 6 heteroatoms. The lowest BCUT2D eigenvalue weighted by molar-refractivity contribution is -0.142. The standard InChI is InChI=1S/C21H34O6/c1-26-9-6-4-2-3-5-7-18(22)21-17-12-15(8-10-27-14-20(24)25)11-16(17)13-19(21)23/h12,16-17,19,21,23H,2-11,13-14H2,1H3,(H,24,25)/t16-,17-,19+,21-/m1/s1. The molecular formula is C21H34O6. The molecule has 4 atom stereocenters. The summed E-state index contributed by atoms with van der Waals surface area (Å²) in [7, 11) is 1.71. The Bertz CT molecular complexity index is 515. The molecule has 1 fully saturated rings. The van der Waals surface area contributed by atoms with Gasteiger partial charge in [-0.15, -0.1) is 0 Å². The predicted octanol–water partition coefficient (Wildman–Crippen LogP) is 2.98. The molecule has 0 aromatic carbocycles. The third kappa shape index (κ3) is 7.01. The summed E-state index contributed by atoms with van der Waals surface area (Å²) in [4.78, 5) is 23.1. The minimum Gasteiger partial charge on any atom is -0.480 e. The number of hydrogen-bond acceptors (Lipinski definition) is 5. The highest BCUT2D eigenvalue weighted by Crippen LogP contribution is 2.48. The topological polar surface area (TPSA) is 93.1 Å². The summed E-state index contributed by atoms with van der Waals surface area (Å²) in [6.45, 7) is 0.916. The monoisotopic (exact) mass is 382 g/mol. The molecule has 2 aliphatic rings. The van der Waals surface area contributed by atoms with Crippen molar-refractivity contribution < 1.29 is 29.3 Å². The second kappa shape index (κ2) is 11.6. The van der Waals surface area contributed by atoms with Crippen molar-refractivity contribution in [3.63, 3.8) is 0 Å². The number of carboxylic acids is 1. The van der Waals surface area contributed by atoms with Crippen molar-refractivity contribution in [1.29, 1.82) is 0 Å².